The highest BCUT2D eigenvalue weighted by Gasteiger charge is 2.20. The Morgan fingerprint density at radius 2 is 1.53 bits per heavy atom. The number of ether oxygens (including phenoxy) is 2. The summed E-state index contributed by atoms with van der Waals surface area (Å²) < 4.78 is 10.6. The van der Waals surface area contributed by atoms with Crippen molar-refractivity contribution < 1.29 is 29.1 Å². The van der Waals surface area contributed by atoms with Crippen LogP contribution in [0.4, 0.5) is 17.1 Å². The number of nitro benzene ring substituents is 1. The fraction of sp³-hybridized carbons (Fsp3) is 0.167. The zero-order chi connectivity index (χ0) is 24.7. The van der Waals surface area contributed by atoms with Crippen LogP contribution < -0.4 is 20.1 Å². The summed E-state index contributed by atoms with van der Waals surface area (Å²) in [5.74, 6) is -0.481. The third kappa shape index (κ3) is 5.67. The summed E-state index contributed by atoms with van der Waals surface area (Å²) in [6.45, 7) is 0.0230. The Hall–Kier alpha value is -4.44. The van der Waals surface area contributed by atoms with Crippen molar-refractivity contribution >= 4 is 28.9 Å². The van der Waals surface area contributed by atoms with Gasteiger partial charge in [0.2, 0.25) is 0 Å². The summed E-state index contributed by atoms with van der Waals surface area (Å²) in [6.07, 6.45) is 0.503. The Bertz CT molecular complexity index is 1190. The number of anilines is 2. The first-order valence-electron chi connectivity index (χ1n) is 10.2. The summed E-state index contributed by atoms with van der Waals surface area (Å²) in [4.78, 5) is 36.1. The highest BCUT2D eigenvalue weighted by atomic mass is 16.6. The number of nitrogens with one attached hydrogen (secondary N) is 2. The largest absolute Gasteiger partial charge is 0.493 e. The molecule has 0 aromatic heterocycles. The number of carbonyl (C=O) groups is 2. The molecule has 34 heavy (non-hydrogen) atoms. The third-order valence-electron chi connectivity index (χ3n) is 4.97. The van der Waals surface area contributed by atoms with Gasteiger partial charge < -0.3 is 25.2 Å². The monoisotopic (exact) mass is 465 g/mol. The van der Waals surface area contributed by atoms with Crippen LogP contribution in [0.3, 0.4) is 0 Å². The van der Waals surface area contributed by atoms with Gasteiger partial charge in [-0.2, -0.15) is 0 Å². The Balaban J connectivity index is 1.90. The van der Waals surface area contributed by atoms with Gasteiger partial charge in [0.1, 0.15) is 0 Å². The molecule has 0 bridgehead atoms. The minimum atomic E-state index is -0.565. The number of carbonyl (C=O) groups excluding carboxylic acids is 2. The van der Waals surface area contributed by atoms with Gasteiger partial charge >= 0.3 is 0 Å². The molecule has 0 atom stereocenters. The van der Waals surface area contributed by atoms with Crippen LogP contribution in [0.5, 0.6) is 11.5 Å². The number of hydrogen-bond acceptors (Lipinski definition) is 7. The van der Waals surface area contributed by atoms with Crippen LogP contribution in [0.25, 0.3) is 0 Å². The second-order valence-electron chi connectivity index (χ2n) is 7.14. The van der Waals surface area contributed by atoms with Crippen molar-refractivity contribution in [2.24, 2.45) is 0 Å². The number of nitrogens with zero attached hydrogens (tertiary/aromatic N) is 1. The van der Waals surface area contributed by atoms with Crippen LogP contribution in [0.15, 0.2) is 60.7 Å². The Kier molecular flexibility index (Phi) is 7.78. The van der Waals surface area contributed by atoms with E-state index in [2.05, 4.69) is 10.6 Å². The summed E-state index contributed by atoms with van der Waals surface area (Å²) >= 11 is 0. The van der Waals surface area contributed by atoms with Gasteiger partial charge in [0.25, 0.3) is 17.5 Å². The normalized spacial score (nSPS) is 10.3. The zero-order valence-electron chi connectivity index (χ0n) is 18.5. The van der Waals surface area contributed by atoms with E-state index < -0.39 is 16.7 Å². The lowest BCUT2D eigenvalue weighted by Gasteiger charge is -2.16. The lowest BCUT2D eigenvalue weighted by Crippen LogP contribution is -2.19. The molecular formula is C24H23N3O7. The summed E-state index contributed by atoms with van der Waals surface area (Å²) in [5.41, 5.74) is 1.75. The molecule has 0 spiro atoms. The summed E-state index contributed by atoms with van der Waals surface area (Å²) in [5, 5.41) is 25.3. The van der Waals surface area contributed by atoms with E-state index in [0.717, 1.165) is 5.56 Å². The Morgan fingerprint density at radius 3 is 2.09 bits per heavy atom. The molecule has 0 aliphatic heterocycles. The maximum atomic E-state index is 13.1. The van der Waals surface area contributed by atoms with E-state index in [-0.39, 0.29) is 29.1 Å². The van der Waals surface area contributed by atoms with Gasteiger partial charge in [-0.05, 0) is 42.3 Å². The molecule has 2 amide bonds. The van der Waals surface area contributed by atoms with Gasteiger partial charge in [-0.1, -0.05) is 12.1 Å². The second-order valence-corrected chi connectivity index (χ2v) is 7.14. The summed E-state index contributed by atoms with van der Waals surface area (Å²) in [6, 6.07) is 15.0. The molecular weight excluding hydrogens is 442 g/mol. The number of non-ortho nitro benzene ring substituents is 1. The van der Waals surface area contributed by atoms with Crippen molar-refractivity contribution in [1.29, 1.82) is 0 Å². The topological polar surface area (TPSA) is 140 Å². The van der Waals surface area contributed by atoms with Gasteiger partial charge in [-0.25, -0.2) is 0 Å². The average Bonchev–Trinajstić information content (AvgIpc) is 2.85. The Labute approximate surface area is 195 Å². The smallest absolute Gasteiger partial charge is 0.269 e. The predicted molar refractivity (Wildman–Crippen MR) is 126 cm³/mol. The molecule has 176 valence electrons. The minimum absolute atomic E-state index is 0.0230. The highest BCUT2D eigenvalue weighted by Crippen LogP contribution is 2.34. The second kappa shape index (κ2) is 10.9. The molecule has 0 saturated heterocycles. The van der Waals surface area contributed by atoms with Gasteiger partial charge in [0, 0.05) is 36.1 Å². The number of rotatable bonds is 9. The lowest BCUT2D eigenvalue weighted by molar-refractivity contribution is -0.384. The molecule has 0 saturated carbocycles. The SMILES string of the molecule is COc1cc(NC(=O)c2ccc([N+](=O)[O-])cc2)c(C(=O)Nc2ccc(CCO)cc2)cc1OC. The van der Waals surface area contributed by atoms with E-state index in [4.69, 9.17) is 14.6 Å². The molecule has 0 fully saturated rings. The summed E-state index contributed by atoms with van der Waals surface area (Å²) in [7, 11) is 2.85. The Morgan fingerprint density at radius 1 is 0.912 bits per heavy atom. The van der Waals surface area contributed by atoms with Gasteiger partial charge in [0.15, 0.2) is 11.5 Å². The standard InChI is InChI=1S/C24H23N3O7/c1-33-21-13-19(24(30)25-17-7-3-15(4-8-17)11-12-28)20(14-22(21)34-2)26-23(29)16-5-9-18(10-6-16)27(31)32/h3-10,13-14,28H,11-12H2,1-2H3,(H,25,30)(H,26,29). The first-order chi connectivity index (χ1) is 16.4. The molecule has 0 aliphatic rings. The fourth-order valence-corrected chi connectivity index (χ4v) is 3.18. The van der Waals surface area contributed by atoms with E-state index in [1.165, 1.54) is 50.6 Å². The molecule has 0 aliphatic carbocycles. The van der Waals surface area contributed by atoms with E-state index in [9.17, 15) is 19.7 Å². The van der Waals surface area contributed by atoms with E-state index in [1.807, 2.05) is 0 Å². The van der Waals surface area contributed by atoms with E-state index in [0.29, 0.717) is 23.6 Å². The third-order valence-corrected chi connectivity index (χ3v) is 4.97. The van der Waals surface area contributed by atoms with Crippen molar-refractivity contribution in [1.82, 2.24) is 0 Å². The van der Waals surface area contributed by atoms with Crippen molar-refractivity contribution in [2.45, 2.75) is 6.42 Å². The molecule has 3 aromatic rings. The highest BCUT2D eigenvalue weighted by molar-refractivity contribution is 6.13. The number of aliphatic hydroxyl groups is 1. The number of nitro groups is 1. The quantitative estimate of drug-likeness (QED) is 0.324. The maximum Gasteiger partial charge on any atom is 0.269 e. The van der Waals surface area contributed by atoms with Crippen LogP contribution in [-0.2, 0) is 6.42 Å². The number of methoxy groups -OCH3 is 2. The number of amides is 2. The number of hydrogen-bond donors (Lipinski definition) is 3. The average molecular weight is 465 g/mol. The molecule has 0 heterocycles. The molecule has 10 nitrogen and oxygen atoms in total. The first-order valence-corrected chi connectivity index (χ1v) is 10.2. The zero-order valence-corrected chi connectivity index (χ0v) is 18.5. The fourth-order valence-electron chi connectivity index (χ4n) is 3.18. The van der Waals surface area contributed by atoms with Crippen molar-refractivity contribution in [3.8, 4) is 11.5 Å². The molecule has 0 unspecified atom stereocenters. The molecule has 0 radical (unpaired) electrons. The van der Waals surface area contributed by atoms with Crippen LogP contribution in [-0.4, -0.2) is 42.7 Å². The predicted octanol–water partition coefficient (Wildman–Crippen LogP) is 3.65. The number of aliphatic hydroxyl groups excluding tert-OH is 1. The van der Waals surface area contributed by atoms with E-state index in [1.54, 1.807) is 24.3 Å². The van der Waals surface area contributed by atoms with Gasteiger partial charge in [-0.15, -0.1) is 0 Å². The van der Waals surface area contributed by atoms with Crippen LogP contribution >= 0.6 is 0 Å². The molecule has 10 heteroatoms. The van der Waals surface area contributed by atoms with E-state index >= 15 is 0 Å². The van der Waals surface area contributed by atoms with Gasteiger partial charge in [0.05, 0.1) is 30.4 Å². The molecule has 3 rings (SSSR count). The first kappa shape index (κ1) is 24.2. The van der Waals surface area contributed by atoms with Crippen molar-refractivity contribution in [2.75, 3.05) is 31.5 Å². The molecule has 3 N–H and O–H groups in total. The van der Waals surface area contributed by atoms with Crippen molar-refractivity contribution in [3.05, 3.63) is 87.5 Å². The maximum absolute atomic E-state index is 13.1. The van der Waals surface area contributed by atoms with Crippen LogP contribution in [0, 0.1) is 10.1 Å². The van der Waals surface area contributed by atoms with Crippen LogP contribution in [0.1, 0.15) is 26.3 Å². The van der Waals surface area contributed by atoms with Crippen molar-refractivity contribution in [3.63, 3.8) is 0 Å². The van der Waals surface area contributed by atoms with Gasteiger partial charge in [-0.3, -0.25) is 19.7 Å². The van der Waals surface area contributed by atoms with Crippen LogP contribution in [0.2, 0.25) is 0 Å². The lowest BCUT2D eigenvalue weighted by atomic mass is 10.1. The number of benzene rings is 3. The minimum Gasteiger partial charge on any atom is -0.493 e. The molecule has 3 aromatic carbocycles.